The van der Waals surface area contributed by atoms with Crippen LogP contribution < -0.4 is 17.7 Å². The summed E-state index contributed by atoms with van der Waals surface area (Å²) in [6.45, 7) is 1.03. The van der Waals surface area contributed by atoms with Crippen LogP contribution in [-0.4, -0.2) is 16.7 Å². The van der Waals surface area contributed by atoms with Crippen LogP contribution in [0, 0.1) is 0 Å². The van der Waals surface area contributed by atoms with Crippen LogP contribution in [-0.2, 0) is 5.75 Å². The number of nitrogens with one attached hydrogen (secondary N) is 1. The third-order valence-electron chi connectivity index (χ3n) is 3.06. The summed E-state index contributed by atoms with van der Waals surface area (Å²) < 4.78 is 5.67. The molecule has 0 amide bonds. The first-order valence-corrected chi connectivity index (χ1v) is 7.61. The Morgan fingerprint density at radius 1 is 1.35 bits per heavy atom. The first kappa shape index (κ1) is 15.6. The minimum atomic E-state index is 0. The van der Waals surface area contributed by atoms with E-state index < -0.39 is 0 Å². The standard InChI is InChI=1S/C13H14ClN3OS.ClH/c14-10-5-3-9(4-6-10)8-19-13-17-16-12(18-13)11-2-1-7-15-11;/h3-6,11,15H,1-2,7-8H2;1H/t11-;/m0./s1. The van der Waals surface area contributed by atoms with Crippen LogP contribution in [0.25, 0.3) is 0 Å². The van der Waals surface area contributed by atoms with Gasteiger partial charge in [-0.05, 0) is 37.1 Å². The Hall–Kier alpha value is -0.750. The molecular weight excluding hydrogens is 317 g/mol. The van der Waals surface area contributed by atoms with E-state index in [2.05, 4.69) is 15.5 Å². The highest BCUT2D eigenvalue weighted by Gasteiger charge is 2.22. The Kier molecular flexibility index (Phi) is 5.72. The van der Waals surface area contributed by atoms with Gasteiger partial charge in [-0.3, -0.25) is 0 Å². The van der Waals surface area contributed by atoms with Crippen LogP contribution in [0.1, 0.15) is 31.8 Å². The van der Waals surface area contributed by atoms with Gasteiger partial charge in [0.2, 0.25) is 5.89 Å². The zero-order valence-electron chi connectivity index (χ0n) is 11.7. The van der Waals surface area contributed by atoms with Gasteiger partial charge in [-0.1, -0.05) is 35.5 Å². The summed E-state index contributed by atoms with van der Waals surface area (Å²) in [5.74, 6) is 1.51. The van der Waals surface area contributed by atoms with E-state index in [0.717, 1.165) is 23.7 Å². The minimum absolute atomic E-state index is 0. The third kappa shape index (κ3) is 3.88. The van der Waals surface area contributed by atoms with Gasteiger partial charge in [-0.25, -0.2) is 0 Å². The Morgan fingerprint density at radius 3 is 2.85 bits per heavy atom. The van der Waals surface area contributed by atoms with E-state index in [1.54, 1.807) is 11.8 Å². The number of aromatic nitrogens is 2. The van der Waals surface area contributed by atoms with Gasteiger partial charge < -0.3 is 22.1 Å². The van der Waals surface area contributed by atoms with Crippen molar-refractivity contribution in [2.45, 2.75) is 29.9 Å². The smallest absolute Gasteiger partial charge is 1.00 e. The molecule has 2 aromatic rings. The summed E-state index contributed by atoms with van der Waals surface area (Å²) in [4.78, 5) is 0. The molecule has 1 saturated heterocycles. The van der Waals surface area contributed by atoms with Gasteiger partial charge >= 0.3 is 1.43 Å². The number of benzene rings is 1. The average Bonchev–Trinajstić information content (AvgIpc) is 3.09. The zero-order valence-corrected chi connectivity index (χ0v) is 13.0. The van der Waals surface area contributed by atoms with Gasteiger partial charge in [-0.2, -0.15) is 0 Å². The summed E-state index contributed by atoms with van der Waals surface area (Å²) in [5.41, 5.74) is 1.19. The first-order chi connectivity index (χ1) is 9.31. The molecule has 3 rings (SSSR count). The molecule has 20 heavy (non-hydrogen) atoms. The lowest BCUT2D eigenvalue weighted by Crippen LogP contribution is -3.00. The van der Waals surface area contributed by atoms with Crippen molar-refractivity contribution in [3.63, 3.8) is 0 Å². The predicted octanol–water partition coefficient (Wildman–Crippen LogP) is 0.556. The van der Waals surface area contributed by atoms with Crippen LogP contribution in [0.15, 0.2) is 33.9 Å². The molecule has 108 valence electrons. The molecule has 7 heteroatoms. The predicted molar refractivity (Wildman–Crippen MR) is 76.4 cm³/mol. The molecule has 1 fully saturated rings. The fourth-order valence-corrected chi connectivity index (χ4v) is 2.89. The topological polar surface area (TPSA) is 51.0 Å². The maximum Gasteiger partial charge on any atom is 1.00 e. The Bertz CT molecular complexity index is 547. The molecule has 0 spiro atoms. The molecule has 0 unspecified atom stereocenters. The maximum atomic E-state index is 5.85. The average molecular weight is 332 g/mol. The van der Waals surface area contributed by atoms with Crippen LogP contribution in [0.4, 0.5) is 0 Å². The van der Waals surface area contributed by atoms with Crippen molar-refractivity contribution in [2.75, 3.05) is 6.54 Å². The van der Waals surface area contributed by atoms with E-state index in [1.807, 2.05) is 24.3 Å². The zero-order chi connectivity index (χ0) is 13.1. The molecule has 0 saturated carbocycles. The summed E-state index contributed by atoms with van der Waals surface area (Å²) in [6, 6.07) is 8.02. The minimum Gasteiger partial charge on any atom is -1.00 e. The van der Waals surface area contributed by atoms with Crippen molar-refractivity contribution in [1.82, 2.24) is 15.5 Å². The van der Waals surface area contributed by atoms with Gasteiger partial charge in [0.1, 0.15) is 0 Å². The second-order valence-electron chi connectivity index (χ2n) is 4.47. The number of rotatable bonds is 4. The molecule has 1 aliphatic rings. The van der Waals surface area contributed by atoms with Gasteiger partial charge in [0, 0.05) is 10.8 Å². The van der Waals surface area contributed by atoms with Crippen molar-refractivity contribution in [1.29, 1.82) is 0 Å². The molecule has 1 N–H and O–H groups in total. The highest BCUT2D eigenvalue weighted by molar-refractivity contribution is 7.98. The van der Waals surface area contributed by atoms with Crippen LogP contribution in [0.3, 0.4) is 0 Å². The maximum absolute atomic E-state index is 5.85. The van der Waals surface area contributed by atoms with Crippen molar-refractivity contribution in [2.24, 2.45) is 0 Å². The lowest BCUT2D eigenvalue weighted by atomic mass is 10.2. The Morgan fingerprint density at radius 2 is 2.15 bits per heavy atom. The number of halogens is 2. The molecule has 1 aliphatic heterocycles. The fraction of sp³-hybridized carbons (Fsp3) is 0.385. The molecule has 0 radical (unpaired) electrons. The monoisotopic (exact) mass is 331 g/mol. The van der Waals surface area contributed by atoms with E-state index in [-0.39, 0.29) is 19.9 Å². The van der Waals surface area contributed by atoms with E-state index >= 15 is 0 Å². The van der Waals surface area contributed by atoms with E-state index in [1.165, 1.54) is 12.0 Å². The molecule has 4 nitrogen and oxygen atoms in total. The fourth-order valence-electron chi connectivity index (χ4n) is 2.04. The summed E-state index contributed by atoms with van der Waals surface area (Å²) in [7, 11) is 0. The quantitative estimate of drug-likeness (QED) is 0.829. The molecular formula is C13H15Cl2N3OS. The van der Waals surface area contributed by atoms with Gasteiger partial charge in [-0.15, -0.1) is 10.2 Å². The highest BCUT2D eigenvalue weighted by atomic mass is 35.5. The molecule has 2 heterocycles. The second-order valence-corrected chi connectivity index (χ2v) is 5.83. The van der Waals surface area contributed by atoms with Crippen molar-refractivity contribution in [3.05, 3.63) is 40.7 Å². The van der Waals surface area contributed by atoms with Crippen LogP contribution >= 0.6 is 23.4 Å². The normalized spacial score (nSPS) is 17.9. The van der Waals surface area contributed by atoms with Crippen LogP contribution in [0.2, 0.25) is 5.02 Å². The van der Waals surface area contributed by atoms with Crippen molar-refractivity contribution < 1.29 is 18.3 Å². The number of thioether (sulfide) groups is 1. The number of hydrogen-bond donors (Lipinski definition) is 1. The van der Waals surface area contributed by atoms with E-state index in [9.17, 15) is 0 Å². The molecule has 1 atom stereocenters. The second kappa shape index (κ2) is 7.31. The molecule has 1 aromatic heterocycles. The Labute approximate surface area is 134 Å². The van der Waals surface area contributed by atoms with E-state index in [4.69, 9.17) is 16.0 Å². The lowest BCUT2D eigenvalue weighted by Gasteiger charge is -2.02. The first-order valence-electron chi connectivity index (χ1n) is 6.25. The Balaban J connectivity index is 0.00000110. The van der Waals surface area contributed by atoms with Crippen LogP contribution in [0.5, 0.6) is 0 Å². The SMILES string of the molecule is Clc1ccc(CSc2nnc([C@@H]3CCCN3)o2)cc1.[Cl-].[H+]. The largest absolute Gasteiger partial charge is 1.00 e. The van der Waals surface area contributed by atoms with E-state index in [0.29, 0.717) is 11.1 Å². The number of hydrogen-bond acceptors (Lipinski definition) is 5. The van der Waals surface area contributed by atoms with Crippen molar-refractivity contribution >= 4 is 23.4 Å². The van der Waals surface area contributed by atoms with Gasteiger partial charge in [0.15, 0.2) is 0 Å². The molecule has 0 bridgehead atoms. The summed E-state index contributed by atoms with van der Waals surface area (Å²) in [6.07, 6.45) is 2.24. The highest BCUT2D eigenvalue weighted by Crippen LogP contribution is 2.27. The molecule has 1 aromatic carbocycles. The van der Waals surface area contributed by atoms with Gasteiger partial charge in [0.25, 0.3) is 5.22 Å². The summed E-state index contributed by atoms with van der Waals surface area (Å²) >= 11 is 7.40. The van der Waals surface area contributed by atoms with Gasteiger partial charge in [0.05, 0.1) is 6.04 Å². The third-order valence-corrected chi connectivity index (χ3v) is 4.20. The molecule has 0 aliphatic carbocycles. The van der Waals surface area contributed by atoms with Crippen molar-refractivity contribution in [3.8, 4) is 0 Å². The lowest BCUT2D eigenvalue weighted by molar-refractivity contribution is -0.00000440. The summed E-state index contributed by atoms with van der Waals surface area (Å²) in [5, 5.41) is 12.9. The number of nitrogens with zero attached hydrogens (tertiary/aromatic N) is 2.